The molecular weight excluding hydrogens is 378 g/mol. The summed E-state index contributed by atoms with van der Waals surface area (Å²) in [5, 5.41) is 10.4. The Morgan fingerprint density at radius 3 is 2.57 bits per heavy atom. The molecule has 0 aliphatic carbocycles. The Bertz CT molecular complexity index is 1030. The molecule has 3 unspecified atom stereocenters. The lowest BCUT2D eigenvalue weighted by molar-refractivity contribution is 0.0688. The molecule has 8 heteroatoms. The summed E-state index contributed by atoms with van der Waals surface area (Å²) in [7, 11) is 0. The number of benzene rings is 1. The minimum Gasteiger partial charge on any atom is -0.383 e. The van der Waals surface area contributed by atoms with Crippen molar-refractivity contribution in [2.75, 3.05) is 30.3 Å². The lowest BCUT2D eigenvalue weighted by atomic mass is 9.95. The molecule has 2 bridgehead atoms. The number of aromatic nitrogens is 4. The summed E-state index contributed by atoms with van der Waals surface area (Å²) in [4.78, 5) is 12.1. The van der Waals surface area contributed by atoms with E-state index in [4.69, 9.17) is 20.4 Å². The molecule has 2 fully saturated rings. The van der Waals surface area contributed by atoms with Gasteiger partial charge in [0.15, 0.2) is 0 Å². The fraction of sp³-hybridized carbons (Fsp3) is 0.409. The average Bonchev–Trinajstić information content (AvgIpc) is 3.40. The highest BCUT2D eigenvalue weighted by atomic mass is 16.5. The van der Waals surface area contributed by atoms with Gasteiger partial charge in [-0.25, -0.2) is 4.98 Å². The van der Waals surface area contributed by atoms with Crippen LogP contribution in [-0.2, 0) is 11.2 Å². The second-order valence-corrected chi connectivity index (χ2v) is 8.33. The van der Waals surface area contributed by atoms with E-state index in [-0.39, 0.29) is 6.10 Å². The molecule has 3 aromatic rings. The third-order valence-corrected chi connectivity index (χ3v) is 6.58. The quantitative estimate of drug-likeness (QED) is 0.615. The van der Waals surface area contributed by atoms with Crippen LogP contribution in [0.1, 0.15) is 35.8 Å². The normalized spacial score (nSPS) is 25.3. The van der Waals surface area contributed by atoms with Crippen LogP contribution >= 0.6 is 0 Å². The molecule has 0 radical (unpaired) electrons. The number of hydrogen-bond donors (Lipinski definition) is 3. The maximum atomic E-state index is 6.51. The Hall–Kier alpha value is -2.97. The van der Waals surface area contributed by atoms with E-state index in [1.807, 2.05) is 12.4 Å². The van der Waals surface area contributed by atoms with Gasteiger partial charge in [-0.05, 0) is 24.0 Å². The molecule has 0 amide bonds. The zero-order valence-corrected chi connectivity index (χ0v) is 16.7. The molecule has 8 nitrogen and oxygen atoms in total. The zero-order chi connectivity index (χ0) is 20.1. The number of anilines is 2. The van der Waals surface area contributed by atoms with Crippen LogP contribution in [-0.4, -0.2) is 51.9 Å². The van der Waals surface area contributed by atoms with Crippen molar-refractivity contribution in [1.82, 2.24) is 25.5 Å². The van der Waals surface area contributed by atoms with Crippen molar-refractivity contribution in [3.63, 3.8) is 0 Å². The maximum Gasteiger partial charge on any atom is 0.228 e. The third kappa shape index (κ3) is 2.86. The Labute approximate surface area is 174 Å². The number of hydrogen-bond acceptors (Lipinski definition) is 7. The smallest absolute Gasteiger partial charge is 0.228 e. The molecule has 3 atom stereocenters. The topological polar surface area (TPSA) is 105 Å². The lowest BCUT2D eigenvalue weighted by Crippen LogP contribution is -2.52. The van der Waals surface area contributed by atoms with Gasteiger partial charge >= 0.3 is 0 Å². The number of aromatic amines is 1. The number of ether oxygens (including phenoxy) is 1. The van der Waals surface area contributed by atoms with Crippen LogP contribution in [0, 0.1) is 0 Å². The van der Waals surface area contributed by atoms with Crippen molar-refractivity contribution in [1.29, 1.82) is 0 Å². The molecule has 6 rings (SSSR count). The van der Waals surface area contributed by atoms with Gasteiger partial charge in [0.25, 0.3) is 0 Å². The van der Waals surface area contributed by atoms with Crippen LogP contribution in [0.5, 0.6) is 0 Å². The molecule has 3 aliphatic rings. The first-order valence-corrected chi connectivity index (χ1v) is 10.6. The van der Waals surface area contributed by atoms with Gasteiger partial charge in [0.05, 0.1) is 18.5 Å². The summed E-state index contributed by atoms with van der Waals surface area (Å²) in [5.74, 6) is 1.33. The number of nitrogen functional groups attached to an aromatic ring is 1. The molecule has 0 saturated carbocycles. The Morgan fingerprint density at radius 1 is 1.03 bits per heavy atom. The van der Waals surface area contributed by atoms with E-state index in [2.05, 4.69) is 44.7 Å². The highest BCUT2D eigenvalue weighted by molar-refractivity contribution is 5.62. The van der Waals surface area contributed by atoms with E-state index in [1.54, 1.807) is 0 Å². The summed E-state index contributed by atoms with van der Waals surface area (Å²) in [5.41, 5.74) is 11.7. The summed E-state index contributed by atoms with van der Waals surface area (Å²) in [6, 6.07) is 9.28. The van der Waals surface area contributed by atoms with E-state index in [1.165, 1.54) is 12.8 Å². The molecular formula is C22H25N7O. The number of H-pyrrole nitrogens is 1. The van der Waals surface area contributed by atoms with Gasteiger partial charge in [0, 0.05) is 48.9 Å². The van der Waals surface area contributed by atoms with Gasteiger partial charge < -0.3 is 20.7 Å². The van der Waals surface area contributed by atoms with Crippen molar-refractivity contribution >= 4 is 11.8 Å². The molecule has 5 heterocycles. The van der Waals surface area contributed by atoms with E-state index in [0.29, 0.717) is 24.5 Å². The first-order chi connectivity index (χ1) is 14.8. The molecule has 0 spiro atoms. The molecule has 154 valence electrons. The Kier molecular flexibility index (Phi) is 4.21. The fourth-order valence-electron chi connectivity index (χ4n) is 5.10. The molecule has 3 aliphatic heterocycles. The molecule has 2 aromatic heterocycles. The molecule has 1 aromatic carbocycles. The van der Waals surface area contributed by atoms with E-state index >= 15 is 0 Å². The SMILES string of the molecule is Nc1nc(N2C3CCC2CNC3)nc2c1C(c1ccc(-c3cn[nH]c3)cc1)OCC2. The van der Waals surface area contributed by atoms with Gasteiger partial charge in [-0.15, -0.1) is 0 Å². The molecule has 30 heavy (non-hydrogen) atoms. The standard InChI is InChI=1S/C22H25N7O/c23-21-19-18(27-22(28-21)29-16-5-6-17(29)12-24-11-16)7-8-30-20(19)14-3-1-13(2-4-14)15-9-25-26-10-15/h1-4,9-10,16-17,20,24H,5-8,11-12H2,(H,25,26)(H2,23,27,28). The lowest BCUT2D eigenvalue weighted by Gasteiger charge is -2.36. The molecule has 2 saturated heterocycles. The first-order valence-electron chi connectivity index (χ1n) is 10.6. The van der Waals surface area contributed by atoms with Gasteiger partial charge in [0.1, 0.15) is 11.9 Å². The third-order valence-electron chi connectivity index (χ3n) is 6.58. The van der Waals surface area contributed by atoms with Crippen molar-refractivity contribution in [2.24, 2.45) is 0 Å². The van der Waals surface area contributed by atoms with Gasteiger partial charge in [-0.2, -0.15) is 10.1 Å². The minimum atomic E-state index is -0.235. The van der Waals surface area contributed by atoms with E-state index in [0.717, 1.165) is 53.4 Å². The number of piperazine rings is 1. The number of nitrogens with two attached hydrogens (primary N) is 1. The van der Waals surface area contributed by atoms with Crippen molar-refractivity contribution in [3.8, 4) is 11.1 Å². The Balaban J connectivity index is 1.34. The Morgan fingerprint density at radius 2 is 1.83 bits per heavy atom. The maximum absolute atomic E-state index is 6.51. The number of nitrogens with one attached hydrogen (secondary N) is 2. The van der Waals surface area contributed by atoms with Crippen LogP contribution in [0.3, 0.4) is 0 Å². The van der Waals surface area contributed by atoms with Gasteiger partial charge in [-0.3, -0.25) is 5.10 Å². The number of fused-ring (bicyclic) bond motifs is 3. The van der Waals surface area contributed by atoms with Crippen molar-refractivity contribution in [3.05, 3.63) is 53.5 Å². The second-order valence-electron chi connectivity index (χ2n) is 8.33. The average molecular weight is 403 g/mol. The zero-order valence-electron chi connectivity index (χ0n) is 16.7. The van der Waals surface area contributed by atoms with Crippen molar-refractivity contribution in [2.45, 2.75) is 37.5 Å². The summed E-state index contributed by atoms with van der Waals surface area (Å²) in [6.45, 7) is 2.61. The van der Waals surface area contributed by atoms with Crippen LogP contribution in [0.4, 0.5) is 11.8 Å². The second kappa shape index (κ2) is 7.07. The van der Waals surface area contributed by atoms with Crippen LogP contribution < -0.4 is 16.0 Å². The summed E-state index contributed by atoms with van der Waals surface area (Å²) >= 11 is 0. The first kappa shape index (κ1) is 17.9. The van der Waals surface area contributed by atoms with E-state index < -0.39 is 0 Å². The molecule has 4 N–H and O–H groups in total. The minimum absolute atomic E-state index is 0.235. The fourth-order valence-corrected chi connectivity index (χ4v) is 5.10. The van der Waals surface area contributed by atoms with Gasteiger partial charge in [-0.1, -0.05) is 24.3 Å². The highest BCUT2D eigenvalue weighted by Crippen LogP contribution is 2.38. The van der Waals surface area contributed by atoms with E-state index in [9.17, 15) is 0 Å². The summed E-state index contributed by atoms with van der Waals surface area (Å²) < 4.78 is 6.14. The predicted molar refractivity (Wildman–Crippen MR) is 114 cm³/mol. The summed E-state index contributed by atoms with van der Waals surface area (Å²) in [6.07, 6.45) is 6.61. The van der Waals surface area contributed by atoms with Crippen LogP contribution in [0.2, 0.25) is 0 Å². The largest absolute Gasteiger partial charge is 0.383 e. The predicted octanol–water partition coefficient (Wildman–Crippen LogP) is 2.05. The number of rotatable bonds is 3. The van der Waals surface area contributed by atoms with Crippen LogP contribution in [0.15, 0.2) is 36.7 Å². The number of nitrogens with zero attached hydrogens (tertiary/aromatic N) is 4. The van der Waals surface area contributed by atoms with Gasteiger partial charge in [0.2, 0.25) is 5.95 Å². The van der Waals surface area contributed by atoms with Crippen LogP contribution in [0.25, 0.3) is 11.1 Å². The highest BCUT2D eigenvalue weighted by Gasteiger charge is 2.39. The monoisotopic (exact) mass is 403 g/mol. The van der Waals surface area contributed by atoms with Crippen molar-refractivity contribution < 1.29 is 4.74 Å².